The molecule has 0 spiro atoms. The van der Waals surface area contributed by atoms with Crippen LogP contribution in [0.2, 0.25) is 0 Å². The number of fused-ring (bicyclic) bond motifs is 1. The number of benzene rings is 3. The Morgan fingerprint density at radius 1 is 0.960 bits per heavy atom. The Morgan fingerprint density at radius 2 is 1.64 bits per heavy atom. The molecule has 1 N–H and O–H groups in total. The van der Waals surface area contributed by atoms with Crippen molar-refractivity contribution in [2.24, 2.45) is 0 Å². The van der Waals surface area contributed by atoms with Gasteiger partial charge in [0.15, 0.2) is 0 Å². The van der Waals surface area contributed by atoms with Crippen LogP contribution in [0.5, 0.6) is 0 Å². The summed E-state index contributed by atoms with van der Waals surface area (Å²) in [5.41, 5.74) is 0.887. The molecule has 4 heteroatoms. The minimum atomic E-state index is -0.275. The number of carbonyl (C=O) groups is 1. The Hall–Kier alpha value is -2.33. The molecule has 0 radical (unpaired) electrons. The van der Waals surface area contributed by atoms with Gasteiger partial charge >= 0.3 is 0 Å². The van der Waals surface area contributed by atoms with Crippen LogP contribution < -0.4 is 5.32 Å². The number of nitrogens with one attached hydrogen (secondary N) is 1. The lowest BCUT2D eigenvalue weighted by molar-refractivity contribution is -0.120. The van der Waals surface area contributed by atoms with Gasteiger partial charge in [-0.3, -0.25) is 4.79 Å². The van der Waals surface area contributed by atoms with Gasteiger partial charge in [0.2, 0.25) is 5.91 Å². The van der Waals surface area contributed by atoms with Crippen molar-refractivity contribution in [2.75, 3.05) is 0 Å². The van der Waals surface area contributed by atoms with Gasteiger partial charge in [0.25, 0.3) is 0 Å². The van der Waals surface area contributed by atoms with E-state index in [1.54, 1.807) is 12.1 Å². The van der Waals surface area contributed by atoms with Crippen molar-refractivity contribution in [2.45, 2.75) is 30.0 Å². The van der Waals surface area contributed by atoms with Gasteiger partial charge in [0.1, 0.15) is 5.82 Å². The zero-order chi connectivity index (χ0) is 17.8. The van der Waals surface area contributed by atoms with E-state index in [1.165, 1.54) is 34.7 Å². The molecule has 128 valence electrons. The molecule has 3 aromatic rings. The maximum atomic E-state index is 13.0. The number of hydrogen-bond donors (Lipinski definition) is 1. The van der Waals surface area contributed by atoms with E-state index in [9.17, 15) is 9.18 Å². The Kier molecular flexibility index (Phi) is 5.39. The minimum absolute atomic E-state index is 0.0324. The number of hydrogen-bond acceptors (Lipinski definition) is 2. The molecule has 0 heterocycles. The zero-order valence-corrected chi connectivity index (χ0v) is 15.0. The Morgan fingerprint density at radius 3 is 2.36 bits per heavy atom. The molecule has 0 saturated carbocycles. The highest BCUT2D eigenvalue weighted by atomic mass is 32.2. The molecular weight excluding hydrogens is 333 g/mol. The zero-order valence-electron chi connectivity index (χ0n) is 14.2. The smallest absolute Gasteiger partial charge is 0.233 e. The normalized spacial score (nSPS) is 13.4. The van der Waals surface area contributed by atoms with Gasteiger partial charge in [0, 0.05) is 4.90 Å². The Balaban J connectivity index is 1.64. The largest absolute Gasteiger partial charge is 0.349 e. The van der Waals surface area contributed by atoms with Crippen LogP contribution in [0.25, 0.3) is 10.8 Å². The number of thioether (sulfide) groups is 1. The van der Waals surface area contributed by atoms with Crippen molar-refractivity contribution in [3.05, 3.63) is 78.1 Å². The summed E-state index contributed by atoms with van der Waals surface area (Å²) in [5, 5.41) is 5.13. The van der Waals surface area contributed by atoms with Gasteiger partial charge in [-0.1, -0.05) is 42.5 Å². The molecule has 0 saturated heterocycles. The third-order valence-corrected chi connectivity index (χ3v) is 5.23. The molecule has 0 aliphatic carbocycles. The summed E-state index contributed by atoms with van der Waals surface area (Å²) in [5.74, 6) is -0.308. The number of rotatable bonds is 5. The maximum Gasteiger partial charge on any atom is 0.233 e. The Bertz CT molecular complexity index is 878. The van der Waals surface area contributed by atoms with E-state index < -0.39 is 0 Å². The molecule has 2 atom stereocenters. The summed E-state index contributed by atoms with van der Waals surface area (Å²) in [6.07, 6.45) is 0. The predicted octanol–water partition coefficient (Wildman–Crippen LogP) is 5.34. The number of halogens is 1. The van der Waals surface area contributed by atoms with E-state index in [0.29, 0.717) is 0 Å². The lowest BCUT2D eigenvalue weighted by Crippen LogP contribution is -2.33. The molecule has 25 heavy (non-hydrogen) atoms. The average molecular weight is 353 g/mol. The molecule has 3 aromatic carbocycles. The second-order valence-corrected chi connectivity index (χ2v) is 7.47. The van der Waals surface area contributed by atoms with Crippen molar-refractivity contribution in [1.82, 2.24) is 5.32 Å². The van der Waals surface area contributed by atoms with E-state index in [2.05, 4.69) is 29.6 Å². The highest BCUT2D eigenvalue weighted by Crippen LogP contribution is 2.27. The first-order valence-corrected chi connectivity index (χ1v) is 9.12. The second-order valence-electron chi connectivity index (χ2n) is 6.05. The molecular formula is C21H20FNOS. The second kappa shape index (κ2) is 7.70. The summed E-state index contributed by atoms with van der Waals surface area (Å²) in [7, 11) is 0. The summed E-state index contributed by atoms with van der Waals surface area (Å²) in [6, 6.07) is 20.4. The van der Waals surface area contributed by atoms with Gasteiger partial charge < -0.3 is 5.32 Å². The van der Waals surface area contributed by atoms with Gasteiger partial charge in [-0.05, 0) is 54.4 Å². The van der Waals surface area contributed by atoms with Crippen LogP contribution in [-0.4, -0.2) is 11.2 Å². The topological polar surface area (TPSA) is 29.1 Å². The highest BCUT2D eigenvalue weighted by molar-refractivity contribution is 8.00. The summed E-state index contributed by atoms with van der Waals surface area (Å²) >= 11 is 1.53. The van der Waals surface area contributed by atoms with Gasteiger partial charge in [-0.25, -0.2) is 4.39 Å². The molecule has 0 fully saturated rings. The molecule has 0 aliphatic heterocycles. The molecule has 1 amide bonds. The van der Waals surface area contributed by atoms with Crippen LogP contribution in [0, 0.1) is 5.82 Å². The molecule has 0 aromatic heterocycles. The first-order chi connectivity index (χ1) is 12.0. The van der Waals surface area contributed by atoms with E-state index in [-0.39, 0.29) is 23.0 Å². The van der Waals surface area contributed by atoms with Gasteiger partial charge in [-0.15, -0.1) is 11.8 Å². The quantitative estimate of drug-likeness (QED) is 0.628. The minimum Gasteiger partial charge on any atom is -0.349 e. The lowest BCUT2D eigenvalue weighted by atomic mass is 10.1. The van der Waals surface area contributed by atoms with E-state index in [0.717, 1.165) is 10.5 Å². The summed E-state index contributed by atoms with van der Waals surface area (Å²) in [4.78, 5) is 13.5. The summed E-state index contributed by atoms with van der Waals surface area (Å²) in [6.45, 7) is 3.80. The van der Waals surface area contributed by atoms with Crippen molar-refractivity contribution in [3.63, 3.8) is 0 Å². The van der Waals surface area contributed by atoms with Crippen molar-refractivity contribution < 1.29 is 9.18 Å². The van der Waals surface area contributed by atoms with Crippen LogP contribution in [0.3, 0.4) is 0 Å². The fourth-order valence-corrected chi connectivity index (χ4v) is 3.59. The van der Waals surface area contributed by atoms with E-state index in [4.69, 9.17) is 0 Å². The molecule has 0 unspecified atom stereocenters. The highest BCUT2D eigenvalue weighted by Gasteiger charge is 2.17. The van der Waals surface area contributed by atoms with Gasteiger partial charge in [-0.2, -0.15) is 0 Å². The van der Waals surface area contributed by atoms with Crippen molar-refractivity contribution >= 4 is 28.4 Å². The maximum absolute atomic E-state index is 13.0. The number of amides is 1. The fourth-order valence-electron chi connectivity index (χ4n) is 2.66. The first-order valence-electron chi connectivity index (χ1n) is 8.24. The van der Waals surface area contributed by atoms with Gasteiger partial charge in [0.05, 0.1) is 11.3 Å². The monoisotopic (exact) mass is 353 g/mol. The molecule has 0 aliphatic rings. The standard InChI is InChI=1S/C21H20FNOS/c1-14(16-7-10-19(22)11-8-16)23-21(24)15(2)25-20-12-9-17-5-3-4-6-18(17)13-20/h3-15H,1-2H3,(H,23,24)/t14-,15-/m0/s1. The van der Waals surface area contributed by atoms with Crippen molar-refractivity contribution in [3.8, 4) is 0 Å². The predicted molar refractivity (Wildman–Crippen MR) is 102 cm³/mol. The number of carbonyl (C=O) groups excluding carboxylic acids is 1. The first kappa shape index (κ1) is 17.5. The van der Waals surface area contributed by atoms with Crippen LogP contribution in [0.4, 0.5) is 4.39 Å². The SMILES string of the molecule is C[C@H](Sc1ccc2ccccc2c1)C(=O)N[C@@H](C)c1ccc(F)cc1. The Labute approximate surface area is 151 Å². The van der Waals surface area contributed by atoms with Crippen LogP contribution in [0.15, 0.2) is 71.6 Å². The summed E-state index contributed by atoms with van der Waals surface area (Å²) < 4.78 is 13.0. The molecule has 0 bridgehead atoms. The van der Waals surface area contributed by atoms with E-state index >= 15 is 0 Å². The fraction of sp³-hybridized carbons (Fsp3) is 0.190. The van der Waals surface area contributed by atoms with E-state index in [1.807, 2.05) is 32.0 Å². The van der Waals surface area contributed by atoms with Crippen LogP contribution in [-0.2, 0) is 4.79 Å². The van der Waals surface area contributed by atoms with Crippen LogP contribution in [0.1, 0.15) is 25.5 Å². The lowest BCUT2D eigenvalue weighted by Gasteiger charge is -2.18. The van der Waals surface area contributed by atoms with Crippen molar-refractivity contribution in [1.29, 1.82) is 0 Å². The van der Waals surface area contributed by atoms with Crippen LogP contribution >= 0.6 is 11.8 Å². The molecule has 3 rings (SSSR count). The third-order valence-electron chi connectivity index (χ3n) is 4.13. The average Bonchev–Trinajstić information content (AvgIpc) is 2.62. The third kappa shape index (κ3) is 4.40. The molecule has 2 nitrogen and oxygen atoms in total.